The van der Waals surface area contributed by atoms with Crippen LogP contribution in [0.3, 0.4) is 0 Å². The van der Waals surface area contributed by atoms with Gasteiger partial charge >= 0.3 is 12.0 Å². The molecule has 0 radical (unpaired) electrons. The summed E-state index contributed by atoms with van der Waals surface area (Å²) in [4.78, 5) is 26.6. The molecule has 0 bridgehead atoms. The average molecular weight is 271 g/mol. The van der Waals surface area contributed by atoms with Crippen LogP contribution in [0.1, 0.15) is 13.3 Å². The molecular formula is C12H21N3O4. The SMILES string of the molecule is CCOC(=O)CC(O)CN1CCN2C(=O)NCC2C1. The number of piperazine rings is 1. The Hall–Kier alpha value is -1.34. The van der Waals surface area contributed by atoms with Gasteiger partial charge in [0, 0.05) is 32.7 Å². The van der Waals surface area contributed by atoms with Gasteiger partial charge in [-0.05, 0) is 6.92 Å². The first-order valence-corrected chi connectivity index (χ1v) is 6.70. The number of aliphatic hydroxyl groups excluding tert-OH is 1. The molecule has 2 aliphatic rings. The number of hydrogen-bond acceptors (Lipinski definition) is 5. The summed E-state index contributed by atoms with van der Waals surface area (Å²) >= 11 is 0. The van der Waals surface area contributed by atoms with Crippen LogP contribution in [0.4, 0.5) is 4.79 Å². The Morgan fingerprint density at radius 3 is 3.11 bits per heavy atom. The van der Waals surface area contributed by atoms with Gasteiger partial charge in [-0.15, -0.1) is 0 Å². The minimum atomic E-state index is -0.712. The van der Waals surface area contributed by atoms with Crippen LogP contribution in [0.2, 0.25) is 0 Å². The second-order valence-electron chi connectivity index (χ2n) is 4.96. The summed E-state index contributed by atoms with van der Waals surface area (Å²) < 4.78 is 4.80. The Labute approximate surface area is 112 Å². The highest BCUT2D eigenvalue weighted by Gasteiger charge is 2.35. The Balaban J connectivity index is 1.75. The van der Waals surface area contributed by atoms with Crippen molar-refractivity contribution in [2.75, 3.05) is 39.3 Å². The number of β-amino-alcohol motifs (C(OH)–C–C–N with tert-alkyl or cyclic N) is 1. The molecule has 2 saturated heterocycles. The van der Waals surface area contributed by atoms with Crippen LogP contribution in [-0.4, -0.2) is 78.4 Å². The highest BCUT2D eigenvalue weighted by molar-refractivity contribution is 5.77. The smallest absolute Gasteiger partial charge is 0.317 e. The summed E-state index contributed by atoms with van der Waals surface area (Å²) in [7, 11) is 0. The number of esters is 1. The van der Waals surface area contributed by atoms with Gasteiger partial charge in [0.05, 0.1) is 25.2 Å². The van der Waals surface area contributed by atoms with E-state index in [1.54, 1.807) is 6.92 Å². The molecule has 2 N–H and O–H groups in total. The second kappa shape index (κ2) is 6.21. The molecule has 0 spiro atoms. The summed E-state index contributed by atoms with van der Waals surface area (Å²) in [6.45, 7) is 5.30. The Morgan fingerprint density at radius 2 is 2.37 bits per heavy atom. The van der Waals surface area contributed by atoms with Crippen molar-refractivity contribution < 1.29 is 19.4 Å². The van der Waals surface area contributed by atoms with E-state index in [9.17, 15) is 14.7 Å². The maximum absolute atomic E-state index is 11.4. The van der Waals surface area contributed by atoms with E-state index < -0.39 is 6.10 Å². The standard InChI is InChI=1S/C12H21N3O4/c1-2-19-11(17)5-10(16)8-14-3-4-15-9(7-14)6-13-12(15)18/h9-10,16H,2-8H2,1H3,(H,13,18). The Morgan fingerprint density at radius 1 is 1.58 bits per heavy atom. The van der Waals surface area contributed by atoms with Crippen molar-refractivity contribution in [3.05, 3.63) is 0 Å². The summed E-state index contributed by atoms with van der Waals surface area (Å²) in [5.74, 6) is -0.369. The monoisotopic (exact) mass is 271 g/mol. The van der Waals surface area contributed by atoms with E-state index >= 15 is 0 Å². The van der Waals surface area contributed by atoms with E-state index in [0.29, 0.717) is 26.2 Å². The third-order valence-electron chi connectivity index (χ3n) is 3.49. The van der Waals surface area contributed by atoms with Gasteiger partial charge in [-0.2, -0.15) is 0 Å². The molecule has 7 nitrogen and oxygen atoms in total. The average Bonchev–Trinajstić information content (AvgIpc) is 2.70. The lowest BCUT2D eigenvalue weighted by atomic mass is 10.1. The molecule has 0 saturated carbocycles. The fourth-order valence-corrected chi connectivity index (χ4v) is 2.61. The molecule has 19 heavy (non-hydrogen) atoms. The van der Waals surface area contributed by atoms with E-state index in [1.807, 2.05) is 4.90 Å². The first kappa shape index (κ1) is 14.1. The van der Waals surface area contributed by atoms with Crippen LogP contribution in [0.25, 0.3) is 0 Å². The zero-order chi connectivity index (χ0) is 13.8. The van der Waals surface area contributed by atoms with Crippen LogP contribution in [0.15, 0.2) is 0 Å². The maximum Gasteiger partial charge on any atom is 0.317 e. The number of carbonyl (C=O) groups is 2. The Kier molecular flexibility index (Phi) is 4.60. The predicted molar refractivity (Wildman–Crippen MR) is 67.6 cm³/mol. The number of urea groups is 1. The highest BCUT2D eigenvalue weighted by atomic mass is 16.5. The van der Waals surface area contributed by atoms with Crippen molar-refractivity contribution in [3.63, 3.8) is 0 Å². The van der Waals surface area contributed by atoms with Crippen molar-refractivity contribution in [3.8, 4) is 0 Å². The van der Waals surface area contributed by atoms with E-state index in [0.717, 1.165) is 13.1 Å². The molecule has 2 aliphatic heterocycles. The molecule has 0 aromatic carbocycles. The van der Waals surface area contributed by atoms with Crippen LogP contribution in [0.5, 0.6) is 0 Å². The van der Waals surface area contributed by atoms with E-state index in [4.69, 9.17) is 4.74 Å². The van der Waals surface area contributed by atoms with Gasteiger partial charge < -0.3 is 20.1 Å². The molecule has 7 heteroatoms. The molecule has 108 valence electrons. The fourth-order valence-electron chi connectivity index (χ4n) is 2.61. The topological polar surface area (TPSA) is 82.1 Å². The number of amides is 2. The zero-order valence-electron chi connectivity index (χ0n) is 11.2. The van der Waals surface area contributed by atoms with Crippen LogP contribution in [-0.2, 0) is 9.53 Å². The highest BCUT2D eigenvalue weighted by Crippen LogP contribution is 2.14. The third kappa shape index (κ3) is 3.57. The molecule has 2 unspecified atom stereocenters. The third-order valence-corrected chi connectivity index (χ3v) is 3.49. The zero-order valence-corrected chi connectivity index (χ0v) is 11.2. The largest absolute Gasteiger partial charge is 0.466 e. The second-order valence-corrected chi connectivity index (χ2v) is 4.96. The summed E-state index contributed by atoms with van der Waals surface area (Å²) in [5.41, 5.74) is 0. The number of nitrogens with one attached hydrogen (secondary N) is 1. The van der Waals surface area contributed by atoms with Gasteiger partial charge in [0.2, 0.25) is 0 Å². The number of nitrogens with zero attached hydrogens (tertiary/aromatic N) is 2. The molecule has 0 aromatic rings. The van der Waals surface area contributed by atoms with Crippen LogP contribution >= 0.6 is 0 Å². The van der Waals surface area contributed by atoms with Gasteiger partial charge in [-0.1, -0.05) is 0 Å². The summed E-state index contributed by atoms with van der Waals surface area (Å²) in [5, 5.41) is 12.7. The quantitative estimate of drug-likeness (QED) is 0.627. The first-order chi connectivity index (χ1) is 9.10. The summed E-state index contributed by atoms with van der Waals surface area (Å²) in [6.07, 6.45) is -0.689. The minimum Gasteiger partial charge on any atom is -0.466 e. The van der Waals surface area contributed by atoms with Gasteiger partial charge in [0.25, 0.3) is 0 Å². The number of rotatable bonds is 5. The molecule has 0 aromatic heterocycles. The van der Waals surface area contributed by atoms with Crippen molar-refractivity contribution in [2.45, 2.75) is 25.5 Å². The van der Waals surface area contributed by atoms with Gasteiger partial charge in [-0.3, -0.25) is 9.69 Å². The van der Waals surface area contributed by atoms with Crippen molar-refractivity contribution in [2.24, 2.45) is 0 Å². The molecule has 2 rings (SSSR count). The van der Waals surface area contributed by atoms with Crippen LogP contribution in [0, 0.1) is 0 Å². The van der Waals surface area contributed by atoms with Crippen molar-refractivity contribution >= 4 is 12.0 Å². The number of fused-ring (bicyclic) bond motifs is 1. The molecule has 0 aliphatic carbocycles. The van der Waals surface area contributed by atoms with Crippen molar-refractivity contribution in [1.82, 2.24) is 15.1 Å². The Bertz CT molecular complexity index is 350. The van der Waals surface area contributed by atoms with Crippen LogP contribution < -0.4 is 5.32 Å². The first-order valence-electron chi connectivity index (χ1n) is 6.70. The van der Waals surface area contributed by atoms with Gasteiger partial charge in [0.1, 0.15) is 0 Å². The molecule has 2 fully saturated rings. The lowest BCUT2D eigenvalue weighted by molar-refractivity contribution is -0.145. The molecule has 2 atom stereocenters. The van der Waals surface area contributed by atoms with E-state index in [2.05, 4.69) is 10.2 Å². The fraction of sp³-hybridized carbons (Fsp3) is 0.833. The predicted octanol–water partition coefficient (Wildman–Crippen LogP) is -0.990. The summed E-state index contributed by atoms with van der Waals surface area (Å²) in [6, 6.07) is 0.174. The number of carbonyl (C=O) groups excluding carboxylic acids is 2. The van der Waals surface area contributed by atoms with Crippen molar-refractivity contribution in [1.29, 1.82) is 0 Å². The van der Waals surface area contributed by atoms with Gasteiger partial charge in [0.15, 0.2) is 0 Å². The molecular weight excluding hydrogens is 250 g/mol. The lowest BCUT2D eigenvalue weighted by Crippen LogP contribution is -2.53. The van der Waals surface area contributed by atoms with Gasteiger partial charge in [-0.25, -0.2) is 4.79 Å². The molecule has 2 amide bonds. The minimum absolute atomic E-state index is 0.00304. The number of ether oxygens (including phenoxy) is 1. The molecule has 2 heterocycles. The van der Waals surface area contributed by atoms with E-state index in [-0.39, 0.29) is 24.5 Å². The number of hydrogen-bond donors (Lipinski definition) is 2. The number of aliphatic hydroxyl groups is 1. The normalized spacial score (nSPS) is 24.8. The maximum atomic E-state index is 11.4. The van der Waals surface area contributed by atoms with E-state index in [1.165, 1.54) is 0 Å². The lowest BCUT2D eigenvalue weighted by Gasteiger charge is -2.37.